The fraction of sp³-hybridized carbons (Fsp3) is 0.409. The number of carbonyl (C=O) groups excluding carboxylic acids is 1. The summed E-state index contributed by atoms with van der Waals surface area (Å²) in [5, 5.41) is 20.2. The summed E-state index contributed by atoms with van der Waals surface area (Å²) in [5.41, 5.74) is 0.328. The number of phenolic OH excluding ortho intramolecular Hbond substituents is 1. The third-order valence-corrected chi connectivity index (χ3v) is 6.02. The molecule has 0 amide bonds. The van der Waals surface area contributed by atoms with Gasteiger partial charge in [0.1, 0.15) is 0 Å². The van der Waals surface area contributed by atoms with Gasteiger partial charge in [-0.3, -0.25) is 9.69 Å². The van der Waals surface area contributed by atoms with E-state index in [1.807, 2.05) is 35.2 Å². The number of aliphatic hydroxyl groups is 1. The van der Waals surface area contributed by atoms with E-state index in [2.05, 4.69) is 0 Å². The van der Waals surface area contributed by atoms with Crippen molar-refractivity contribution in [2.75, 3.05) is 19.6 Å². The molecule has 0 aromatic heterocycles. The van der Waals surface area contributed by atoms with Crippen LogP contribution in [0.15, 0.2) is 42.5 Å². The first-order valence-corrected chi connectivity index (χ1v) is 9.53. The Morgan fingerprint density at radius 3 is 2.21 bits per heavy atom. The molecule has 2 aromatic carbocycles. The molecule has 148 valence electrons. The van der Waals surface area contributed by atoms with Gasteiger partial charge < -0.3 is 10.2 Å². The van der Waals surface area contributed by atoms with Crippen molar-refractivity contribution in [2.45, 2.75) is 24.9 Å². The van der Waals surface area contributed by atoms with E-state index in [4.69, 9.17) is 5.11 Å². The number of halogens is 2. The topological polar surface area (TPSA) is 60.8 Å². The van der Waals surface area contributed by atoms with E-state index >= 15 is 0 Å². The molecule has 2 fully saturated rings. The third kappa shape index (κ3) is 3.80. The summed E-state index contributed by atoms with van der Waals surface area (Å²) in [7, 11) is 0. The molecule has 28 heavy (non-hydrogen) atoms. The van der Waals surface area contributed by atoms with Crippen molar-refractivity contribution in [2.24, 2.45) is 11.8 Å². The Kier molecular flexibility index (Phi) is 4.93. The fourth-order valence-corrected chi connectivity index (χ4v) is 4.83. The molecule has 1 saturated carbocycles. The van der Waals surface area contributed by atoms with Crippen molar-refractivity contribution in [1.82, 2.24) is 4.90 Å². The van der Waals surface area contributed by atoms with E-state index in [1.165, 1.54) is 0 Å². The van der Waals surface area contributed by atoms with Gasteiger partial charge in [0, 0.05) is 25.1 Å². The van der Waals surface area contributed by atoms with Gasteiger partial charge in [-0.05, 0) is 42.4 Å². The van der Waals surface area contributed by atoms with Crippen LogP contribution in [0.2, 0.25) is 0 Å². The maximum Gasteiger partial charge on any atom is 0.187 e. The van der Waals surface area contributed by atoms with Gasteiger partial charge in [-0.25, -0.2) is 8.78 Å². The first-order valence-electron chi connectivity index (χ1n) is 9.53. The van der Waals surface area contributed by atoms with Crippen molar-refractivity contribution >= 4 is 5.78 Å². The van der Waals surface area contributed by atoms with Crippen LogP contribution < -0.4 is 0 Å². The summed E-state index contributed by atoms with van der Waals surface area (Å²) >= 11 is 0. The second-order valence-electron chi connectivity index (χ2n) is 8.22. The molecule has 3 atom stereocenters. The molecule has 4 nitrogen and oxygen atoms in total. The van der Waals surface area contributed by atoms with E-state index in [1.54, 1.807) is 0 Å². The summed E-state index contributed by atoms with van der Waals surface area (Å²) in [4.78, 5) is 14.4. The van der Waals surface area contributed by atoms with E-state index in [9.17, 15) is 18.7 Å². The Balaban J connectivity index is 1.36. The van der Waals surface area contributed by atoms with Crippen molar-refractivity contribution in [3.63, 3.8) is 0 Å². The maximum atomic E-state index is 13.5. The lowest BCUT2D eigenvalue weighted by molar-refractivity contribution is 0.0355. The van der Waals surface area contributed by atoms with Crippen LogP contribution in [0.3, 0.4) is 0 Å². The molecule has 1 heterocycles. The van der Waals surface area contributed by atoms with Gasteiger partial charge in [0.05, 0.1) is 12.1 Å². The summed E-state index contributed by atoms with van der Waals surface area (Å²) in [6.45, 7) is 1.46. The fourth-order valence-electron chi connectivity index (χ4n) is 4.83. The molecule has 4 rings (SSSR count). The number of Topliss-reactive ketones (excluding diaryl/α,β-unsaturated/α-hetero) is 1. The van der Waals surface area contributed by atoms with Crippen molar-refractivity contribution in [3.8, 4) is 5.75 Å². The number of likely N-dealkylation sites (tertiary alicyclic amines) is 1. The standard InChI is InChI=1S/C22H23F2NO3/c23-18-6-15(7-19(24)21(18)27)20(26)13-25-11-16-9-22(28,10-17(16)12-25)8-14-4-2-1-3-5-14/h1-7,16-17,27-28H,8-13H2/t16-,17+,22?. The number of phenols is 1. The highest BCUT2D eigenvalue weighted by Gasteiger charge is 2.48. The molecule has 0 bridgehead atoms. The zero-order valence-corrected chi connectivity index (χ0v) is 15.4. The molecule has 1 aliphatic carbocycles. The summed E-state index contributed by atoms with van der Waals surface area (Å²) < 4.78 is 27.0. The molecular formula is C22H23F2NO3. The highest BCUT2D eigenvalue weighted by molar-refractivity contribution is 5.97. The highest BCUT2D eigenvalue weighted by atomic mass is 19.1. The highest BCUT2D eigenvalue weighted by Crippen LogP contribution is 2.45. The van der Waals surface area contributed by atoms with Gasteiger partial charge >= 0.3 is 0 Å². The quantitative estimate of drug-likeness (QED) is 0.774. The summed E-state index contributed by atoms with van der Waals surface area (Å²) in [6, 6.07) is 11.7. The van der Waals surface area contributed by atoms with Crippen molar-refractivity contribution in [1.29, 1.82) is 0 Å². The van der Waals surface area contributed by atoms with Crippen molar-refractivity contribution < 1.29 is 23.8 Å². The van der Waals surface area contributed by atoms with E-state index in [0.29, 0.717) is 44.2 Å². The Hall–Kier alpha value is -2.31. The van der Waals surface area contributed by atoms with Crippen LogP contribution in [0, 0.1) is 23.5 Å². The monoisotopic (exact) mass is 387 g/mol. The molecule has 1 unspecified atom stereocenters. The van der Waals surface area contributed by atoms with E-state index in [0.717, 1.165) is 17.7 Å². The Bertz CT molecular complexity index is 850. The first kappa shape index (κ1) is 19.0. The Morgan fingerprint density at radius 1 is 1.07 bits per heavy atom. The van der Waals surface area contributed by atoms with Crippen LogP contribution in [0.5, 0.6) is 5.75 Å². The zero-order chi connectivity index (χ0) is 19.9. The molecule has 0 spiro atoms. The molecule has 1 aliphatic heterocycles. The van der Waals surface area contributed by atoms with E-state index < -0.39 is 23.0 Å². The lowest BCUT2D eigenvalue weighted by Gasteiger charge is -2.26. The van der Waals surface area contributed by atoms with Gasteiger partial charge in [-0.2, -0.15) is 0 Å². The number of hydrogen-bond acceptors (Lipinski definition) is 4. The zero-order valence-electron chi connectivity index (χ0n) is 15.4. The number of ketones is 1. The number of aromatic hydroxyl groups is 1. The Morgan fingerprint density at radius 2 is 1.64 bits per heavy atom. The molecule has 6 heteroatoms. The van der Waals surface area contributed by atoms with Crippen LogP contribution >= 0.6 is 0 Å². The molecule has 1 saturated heterocycles. The van der Waals surface area contributed by atoms with Gasteiger partial charge in [-0.15, -0.1) is 0 Å². The van der Waals surface area contributed by atoms with Crippen molar-refractivity contribution in [3.05, 3.63) is 65.2 Å². The van der Waals surface area contributed by atoms with Crippen LogP contribution in [-0.4, -0.2) is 46.1 Å². The minimum Gasteiger partial charge on any atom is -0.503 e. The molecule has 2 N–H and O–H groups in total. The lowest BCUT2D eigenvalue weighted by Crippen LogP contribution is -2.34. The number of benzene rings is 2. The number of rotatable bonds is 5. The minimum absolute atomic E-state index is 0.0772. The maximum absolute atomic E-state index is 13.5. The molecule has 2 aliphatic rings. The van der Waals surface area contributed by atoms with Gasteiger partial charge in [0.25, 0.3) is 0 Å². The number of nitrogens with zero attached hydrogens (tertiary/aromatic N) is 1. The lowest BCUT2D eigenvalue weighted by atomic mass is 9.91. The average Bonchev–Trinajstić information content (AvgIpc) is 3.13. The largest absolute Gasteiger partial charge is 0.503 e. The van der Waals surface area contributed by atoms with Crippen LogP contribution in [0.1, 0.15) is 28.8 Å². The average molecular weight is 387 g/mol. The molecule has 0 radical (unpaired) electrons. The second kappa shape index (κ2) is 7.26. The summed E-state index contributed by atoms with van der Waals surface area (Å²) in [6.07, 6.45) is 2.02. The third-order valence-electron chi connectivity index (χ3n) is 6.02. The Labute approximate surface area is 162 Å². The normalized spacial score (nSPS) is 27.1. The first-order chi connectivity index (χ1) is 13.3. The van der Waals surface area contributed by atoms with Gasteiger partial charge in [-0.1, -0.05) is 30.3 Å². The number of fused-ring (bicyclic) bond motifs is 1. The number of hydrogen-bond donors (Lipinski definition) is 2. The second-order valence-corrected chi connectivity index (χ2v) is 8.22. The minimum atomic E-state index is -1.13. The SMILES string of the molecule is O=C(CN1C[C@@H]2CC(O)(Cc3ccccc3)C[C@@H]2C1)c1cc(F)c(O)c(F)c1. The summed E-state index contributed by atoms with van der Waals surface area (Å²) in [5.74, 6) is -3.08. The number of carbonyl (C=O) groups is 1. The molecular weight excluding hydrogens is 364 g/mol. The van der Waals surface area contributed by atoms with Gasteiger partial charge in [0.15, 0.2) is 23.2 Å². The predicted octanol–water partition coefficient (Wildman–Crippen LogP) is 3.17. The van der Waals surface area contributed by atoms with E-state index in [-0.39, 0.29) is 17.9 Å². The van der Waals surface area contributed by atoms with Gasteiger partial charge in [0.2, 0.25) is 0 Å². The van der Waals surface area contributed by atoms with Crippen LogP contribution in [-0.2, 0) is 6.42 Å². The van der Waals surface area contributed by atoms with Crippen LogP contribution in [0.25, 0.3) is 0 Å². The molecule has 2 aromatic rings. The smallest absolute Gasteiger partial charge is 0.187 e. The van der Waals surface area contributed by atoms with Crippen LogP contribution in [0.4, 0.5) is 8.78 Å². The predicted molar refractivity (Wildman–Crippen MR) is 100 cm³/mol.